The van der Waals surface area contributed by atoms with Crippen molar-refractivity contribution >= 4 is 23.5 Å². The number of anilines is 2. The van der Waals surface area contributed by atoms with Crippen molar-refractivity contribution in [2.75, 3.05) is 55.8 Å². The maximum absolute atomic E-state index is 9.14. The van der Waals surface area contributed by atoms with Gasteiger partial charge in [0.25, 0.3) is 0 Å². The molecule has 0 amide bonds. The standard InChI is InChI=1S/C12H20ClN5O2/c1-2-3-17(4-7-19)11-14-10(13)15-12(16-11)18-5-8-20-9-6-18/h19H,2-9H2,1H3. The molecule has 1 aromatic heterocycles. The van der Waals surface area contributed by atoms with Gasteiger partial charge in [-0.25, -0.2) is 0 Å². The summed E-state index contributed by atoms with van der Waals surface area (Å²) < 4.78 is 5.32. The summed E-state index contributed by atoms with van der Waals surface area (Å²) in [6.45, 7) is 6.18. The molecule has 0 atom stereocenters. The summed E-state index contributed by atoms with van der Waals surface area (Å²) in [4.78, 5) is 16.8. The second-order valence-corrected chi connectivity index (χ2v) is 4.85. The van der Waals surface area contributed by atoms with Crippen LogP contribution in [0.3, 0.4) is 0 Å². The van der Waals surface area contributed by atoms with Crippen molar-refractivity contribution in [2.24, 2.45) is 0 Å². The molecule has 2 heterocycles. The van der Waals surface area contributed by atoms with E-state index in [-0.39, 0.29) is 11.9 Å². The zero-order valence-corrected chi connectivity index (χ0v) is 12.4. The fourth-order valence-corrected chi connectivity index (χ4v) is 2.23. The lowest BCUT2D eigenvalue weighted by atomic mass is 10.4. The highest BCUT2D eigenvalue weighted by atomic mass is 35.5. The largest absolute Gasteiger partial charge is 0.395 e. The minimum atomic E-state index is 0.0518. The molecule has 0 spiro atoms. The van der Waals surface area contributed by atoms with Gasteiger partial charge in [-0.3, -0.25) is 0 Å². The number of morpholine rings is 1. The first-order valence-corrected chi connectivity index (χ1v) is 7.22. The molecular formula is C12H20ClN5O2. The summed E-state index contributed by atoms with van der Waals surface area (Å²) in [6, 6.07) is 0. The van der Waals surface area contributed by atoms with Crippen LogP contribution in [-0.4, -0.2) is 66.1 Å². The Labute approximate surface area is 123 Å². The average Bonchev–Trinajstić information content (AvgIpc) is 2.47. The molecule has 1 N–H and O–H groups in total. The van der Waals surface area contributed by atoms with Gasteiger partial charge in [0.05, 0.1) is 19.8 Å². The van der Waals surface area contributed by atoms with E-state index in [1.54, 1.807) is 0 Å². The van der Waals surface area contributed by atoms with E-state index in [1.807, 2.05) is 9.80 Å². The third-order valence-corrected chi connectivity index (χ3v) is 3.19. The molecule has 0 aliphatic carbocycles. The van der Waals surface area contributed by atoms with Crippen LogP contribution in [0.15, 0.2) is 0 Å². The van der Waals surface area contributed by atoms with Crippen molar-refractivity contribution in [1.82, 2.24) is 15.0 Å². The van der Waals surface area contributed by atoms with Crippen LogP contribution < -0.4 is 9.80 Å². The van der Waals surface area contributed by atoms with Crippen LogP contribution in [0.1, 0.15) is 13.3 Å². The van der Waals surface area contributed by atoms with Gasteiger partial charge in [0.15, 0.2) is 0 Å². The number of aliphatic hydroxyl groups is 1. The lowest BCUT2D eigenvalue weighted by Crippen LogP contribution is -2.38. The zero-order valence-electron chi connectivity index (χ0n) is 11.6. The van der Waals surface area contributed by atoms with E-state index < -0.39 is 0 Å². The topological polar surface area (TPSA) is 74.6 Å². The summed E-state index contributed by atoms with van der Waals surface area (Å²) in [6.07, 6.45) is 0.941. The Kier molecular flexibility index (Phi) is 5.75. The lowest BCUT2D eigenvalue weighted by molar-refractivity contribution is 0.122. The maximum atomic E-state index is 9.14. The third kappa shape index (κ3) is 3.91. The van der Waals surface area contributed by atoms with Gasteiger partial charge >= 0.3 is 0 Å². The molecule has 0 radical (unpaired) electrons. The normalized spacial score (nSPS) is 15.4. The molecular weight excluding hydrogens is 282 g/mol. The van der Waals surface area contributed by atoms with Crippen molar-refractivity contribution in [3.8, 4) is 0 Å². The molecule has 1 aliphatic heterocycles. The predicted molar refractivity (Wildman–Crippen MR) is 77.5 cm³/mol. The number of ether oxygens (including phenoxy) is 1. The second kappa shape index (κ2) is 7.56. The van der Waals surface area contributed by atoms with Crippen LogP contribution in [0.2, 0.25) is 5.28 Å². The predicted octanol–water partition coefficient (Wildman–Crippen LogP) is 0.570. The first-order valence-electron chi connectivity index (χ1n) is 6.84. The molecule has 0 aromatic carbocycles. The SMILES string of the molecule is CCCN(CCO)c1nc(Cl)nc(N2CCOCC2)n1. The molecule has 7 nitrogen and oxygen atoms in total. The van der Waals surface area contributed by atoms with E-state index in [9.17, 15) is 0 Å². The van der Waals surface area contributed by atoms with Crippen molar-refractivity contribution in [1.29, 1.82) is 0 Å². The Hall–Kier alpha value is -1.18. The molecule has 1 fully saturated rings. The van der Waals surface area contributed by atoms with Crippen LogP contribution in [-0.2, 0) is 4.74 Å². The van der Waals surface area contributed by atoms with Gasteiger partial charge in [-0.15, -0.1) is 0 Å². The second-order valence-electron chi connectivity index (χ2n) is 4.51. The van der Waals surface area contributed by atoms with Crippen LogP contribution >= 0.6 is 11.6 Å². The van der Waals surface area contributed by atoms with Gasteiger partial charge in [-0.1, -0.05) is 6.92 Å². The van der Waals surface area contributed by atoms with Gasteiger partial charge in [0, 0.05) is 26.2 Å². The van der Waals surface area contributed by atoms with Crippen LogP contribution in [0.25, 0.3) is 0 Å². The molecule has 8 heteroatoms. The number of rotatable bonds is 6. The van der Waals surface area contributed by atoms with E-state index >= 15 is 0 Å². The number of aliphatic hydroxyl groups excluding tert-OH is 1. The Bertz CT molecular complexity index is 422. The molecule has 20 heavy (non-hydrogen) atoms. The Morgan fingerprint density at radius 1 is 1.25 bits per heavy atom. The maximum Gasteiger partial charge on any atom is 0.231 e. The molecule has 0 unspecified atom stereocenters. The zero-order chi connectivity index (χ0) is 14.4. The van der Waals surface area contributed by atoms with Crippen LogP contribution in [0.5, 0.6) is 0 Å². The van der Waals surface area contributed by atoms with Gasteiger partial charge in [-0.05, 0) is 18.0 Å². The minimum Gasteiger partial charge on any atom is -0.395 e. The summed E-state index contributed by atoms with van der Waals surface area (Å²) in [5.74, 6) is 1.09. The fraction of sp³-hybridized carbons (Fsp3) is 0.750. The van der Waals surface area contributed by atoms with Crippen molar-refractivity contribution in [3.05, 3.63) is 5.28 Å². The number of aromatic nitrogens is 3. The van der Waals surface area contributed by atoms with Crippen LogP contribution in [0.4, 0.5) is 11.9 Å². The highest BCUT2D eigenvalue weighted by molar-refractivity contribution is 6.28. The number of hydrogen-bond donors (Lipinski definition) is 1. The monoisotopic (exact) mass is 301 g/mol. The van der Waals surface area contributed by atoms with Crippen molar-refractivity contribution in [2.45, 2.75) is 13.3 Å². The van der Waals surface area contributed by atoms with Gasteiger partial charge in [-0.2, -0.15) is 15.0 Å². The van der Waals surface area contributed by atoms with Gasteiger partial charge in [0.2, 0.25) is 17.2 Å². The molecule has 1 aliphatic rings. The molecule has 0 bridgehead atoms. The van der Waals surface area contributed by atoms with Crippen molar-refractivity contribution < 1.29 is 9.84 Å². The first kappa shape index (κ1) is 15.2. The highest BCUT2D eigenvalue weighted by Crippen LogP contribution is 2.17. The smallest absolute Gasteiger partial charge is 0.231 e. The fourth-order valence-electron chi connectivity index (χ4n) is 2.08. The summed E-state index contributed by atoms with van der Waals surface area (Å²) in [5.41, 5.74) is 0. The van der Waals surface area contributed by atoms with Crippen molar-refractivity contribution in [3.63, 3.8) is 0 Å². The van der Waals surface area contributed by atoms with E-state index in [0.29, 0.717) is 31.7 Å². The molecule has 1 aromatic rings. The minimum absolute atomic E-state index is 0.0518. The Morgan fingerprint density at radius 3 is 2.65 bits per heavy atom. The average molecular weight is 302 g/mol. The third-order valence-electron chi connectivity index (χ3n) is 3.02. The quantitative estimate of drug-likeness (QED) is 0.823. The Morgan fingerprint density at radius 2 is 2.00 bits per heavy atom. The van der Waals surface area contributed by atoms with E-state index in [4.69, 9.17) is 21.4 Å². The molecule has 112 valence electrons. The van der Waals surface area contributed by atoms with E-state index in [1.165, 1.54) is 0 Å². The van der Waals surface area contributed by atoms with E-state index in [2.05, 4.69) is 21.9 Å². The molecule has 1 saturated heterocycles. The van der Waals surface area contributed by atoms with E-state index in [0.717, 1.165) is 26.1 Å². The number of halogens is 1. The highest BCUT2D eigenvalue weighted by Gasteiger charge is 2.18. The summed E-state index contributed by atoms with van der Waals surface area (Å²) in [7, 11) is 0. The van der Waals surface area contributed by atoms with Gasteiger partial charge in [0.1, 0.15) is 0 Å². The summed E-state index contributed by atoms with van der Waals surface area (Å²) >= 11 is 6.00. The number of hydrogen-bond acceptors (Lipinski definition) is 7. The Balaban J connectivity index is 2.21. The lowest BCUT2D eigenvalue weighted by Gasteiger charge is -2.28. The van der Waals surface area contributed by atoms with Crippen LogP contribution in [0, 0.1) is 0 Å². The summed E-state index contributed by atoms with van der Waals surface area (Å²) in [5, 5.41) is 9.32. The molecule has 0 saturated carbocycles. The number of nitrogens with zero attached hydrogens (tertiary/aromatic N) is 5. The first-order chi connectivity index (χ1) is 9.74. The van der Waals surface area contributed by atoms with Gasteiger partial charge < -0.3 is 19.6 Å². The molecule has 2 rings (SSSR count).